The fraction of sp³-hybridized carbons (Fsp3) is 0.0500. The second-order valence-electron chi connectivity index (χ2n) is 5.73. The number of nitrogens with zero attached hydrogens (tertiary/aromatic N) is 3. The van der Waals surface area contributed by atoms with Crippen LogP contribution in [0.5, 0.6) is 0 Å². The monoisotopic (exact) mass is 328 g/mol. The van der Waals surface area contributed by atoms with Gasteiger partial charge in [0.15, 0.2) is 0 Å². The molecule has 0 fully saturated rings. The van der Waals surface area contributed by atoms with Gasteiger partial charge in [-0.1, -0.05) is 59.8 Å². The van der Waals surface area contributed by atoms with Crippen molar-refractivity contribution in [2.45, 2.75) is 6.54 Å². The molecule has 122 valence electrons. The molecule has 1 aromatic heterocycles. The van der Waals surface area contributed by atoms with Crippen LogP contribution in [0.4, 0.5) is 5.69 Å². The molecular weight excluding hydrogens is 312 g/mol. The van der Waals surface area contributed by atoms with Crippen LogP contribution in [-0.4, -0.2) is 20.9 Å². The van der Waals surface area contributed by atoms with Gasteiger partial charge in [0, 0.05) is 5.56 Å². The van der Waals surface area contributed by atoms with Crippen molar-refractivity contribution >= 4 is 22.6 Å². The van der Waals surface area contributed by atoms with E-state index in [1.165, 1.54) is 0 Å². The van der Waals surface area contributed by atoms with Crippen LogP contribution in [0.2, 0.25) is 0 Å². The van der Waals surface area contributed by atoms with Crippen molar-refractivity contribution in [2.24, 2.45) is 0 Å². The SMILES string of the molecule is O=C(Nc1cccc2c1nnn2Cc1ccccc1)c1ccccc1. The number of carbonyl (C=O) groups is 1. The van der Waals surface area contributed by atoms with Gasteiger partial charge >= 0.3 is 0 Å². The van der Waals surface area contributed by atoms with Crippen molar-refractivity contribution in [3.05, 3.63) is 90.0 Å². The molecule has 0 aliphatic heterocycles. The number of fused-ring (bicyclic) bond motifs is 1. The van der Waals surface area contributed by atoms with Gasteiger partial charge in [0.05, 0.1) is 17.7 Å². The third-order valence-corrected chi connectivity index (χ3v) is 4.00. The Hall–Kier alpha value is -3.47. The van der Waals surface area contributed by atoms with Crippen molar-refractivity contribution in [3.63, 3.8) is 0 Å². The molecule has 25 heavy (non-hydrogen) atoms. The predicted octanol–water partition coefficient (Wildman–Crippen LogP) is 3.73. The van der Waals surface area contributed by atoms with Crippen molar-refractivity contribution in [3.8, 4) is 0 Å². The second kappa shape index (κ2) is 6.57. The smallest absolute Gasteiger partial charge is 0.255 e. The number of carbonyl (C=O) groups excluding carboxylic acids is 1. The molecule has 0 saturated carbocycles. The fourth-order valence-corrected chi connectivity index (χ4v) is 2.75. The highest BCUT2D eigenvalue weighted by atomic mass is 16.1. The molecule has 5 nitrogen and oxygen atoms in total. The quantitative estimate of drug-likeness (QED) is 0.621. The maximum atomic E-state index is 12.4. The largest absolute Gasteiger partial charge is 0.320 e. The topological polar surface area (TPSA) is 59.8 Å². The third kappa shape index (κ3) is 3.12. The van der Waals surface area contributed by atoms with E-state index in [9.17, 15) is 4.79 Å². The molecule has 0 aliphatic rings. The number of anilines is 1. The summed E-state index contributed by atoms with van der Waals surface area (Å²) in [6.45, 7) is 0.632. The number of aromatic nitrogens is 3. The lowest BCUT2D eigenvalue weighted by Crippen LogP contribution is -2.12. The minimum Gasteiger partial charge on any atom is -0.320 e. The van der Waals surface area contributed by atoms with Crippen molar-refractivity contribution in [1.29, 1.82) is 0 Å². The highest BCUT2D eigenvalue weighted by Crippen LogP contribution is 2.22. The van der Waals surface area contributed by atoms with E-state index in [0.717, 1.165) is 11.1 Å². The molecule has 5 heteroatoms. The summed E-state index contributed by atoms with van der Waals surface area (Å²) in [5.74, 6) is -0.161. The van der Waals surface area contributed by atoms with Crippen LogP contribution in [0, 0.1) is 0 Å². The summed E-state index contributed by atoms with van der Waals surface area (Å²) in [6.07, 6.45) is 0. The van der Waals surface area contributed by atoms with Crippen LogP contribution in [-0.2, 0) is 6.54 Å². The molecule has 1 heterocycles. The molecule has 4 aromatic rings. The van der Waals surface area contributed by atoms with E-state index >= 15 is 0 Å². The van der Waals surface area contributed by atoms with E-state index in [1.807, 2.05) is 59.3 Å². The number of amides is 1. The van der Waals surface area contributed by atoms with Gasteiger partial charge in [0.25, 0.3) is 5.91 Å². The maximum absolute atomic E-state index is 12.4. The Kier molecular flexibility index (Phi) is 3.96. The van der Waals surface area contributed by atoms with Gasteiger partial charge in [-0.05, 0) is 29.8 Å². The minimum atomic E-state index is -0.161. The summed E-state index contributed by atoms with van der Waals surface area (Å²) in [4.78, 5) is 12.4. The Morgan fingerprint density at radius 1 is 0.880 bits per heavy atom. The van der Waals surface area contributed by atoms with Crippen LogP contribution in [0.15, 0.2) is 78.9 Å². The highest BCUT2D eigenvalue weighted by Gasteiger charge is 2.12. The molecule has 0 aliphatic carbocycles. The summed E-state index contributed by atoms with van der Waals surface area (Å²) in [5, 5.41) is 11.4. The summed E-state index contributed by atoms with van der Waals surface area (Å²) < 4.78 is 1.84. The lowest BCUT2D eigenvalue weighted by molar-refractivity contribution is 0.102. The van der Waals surface area contributed by atoms with Gasteiger partial charge in [-0.2, -0.15) is 0 Å². The molecule has 1 amide bonds. The van der Waals surface area contributed by atoms with Crippen LogP contribution in [0.25, 0.3) is 11.0 Å². The molecule has 0 radical (unpaired) electrons. The Morgan fingerprint density at radius 3 is 2.36 bits per heavy atom. The van der Waals surface area contributed by atoms with E-state index in [1.54, 1.807) is 12.1 Å². The van der Waals surface area contributed by atoms with Gasteiger partial charge < -0.3 is 5.32 Å². The molecule has 0 unspecified atom stereocenters. The summed E-state index contributed by atoms with van der Waals surface area (Å²) >= 11 is 0. The number of benzene rings is 3. The lowest BCUT2D eigenvalue weighted by atomic mass is 10.2. The predicted molar refractivity (Wildman–Crippen MR) is 97.5 cm³/mol. The van der Waals surface area contributed by atoms with E-state index in [0.29, 0.717) is 23.3 Å². The molecule has 0 bridgehead atoms. The van der Waals surface area contributed by atoms with Crippen LogP contribution >= 0.6 is 0 Å². The zero-order valence-corrected chi connectivity index (χ0v) is 13.5. The van der Waals surface area contributed by atoms with Gasteiger partial charge in [-0.25, -0.2) is 4.68 Å². The van der Waals surface area contributed by atoms with Gasteiger partial charge in [-0.3, -0.25) is 4.79 Å². The van der Waals surface area contributed by atoms with Crippen LogP contribution < -0.4 is 5.32 Å². The van der Waals surface area contributed by atoms with E-state index in [-0.39, 0.29) is 5.91 Å². The number of rotatable bonds is 4. The van der Waals surface area contributed by atoms with Gasteiger partial charge in [0.1, 0.15) is 5.52 Å². The standard InChI is InChI=1S/C20H16N4O/c25-20(16-10-5-2-6-11-16)21-17-12-7-13-18-19(17)22-23-24(18)14-15-8-3-1-4-9-15/h1-13H,14H2,(H,21,25). The fourth-order valence-electron chi connectivity index (χ4n) is 2.75. The Bertz CT molecular complexity index is 1010. The number of nitrogens with one attached hydrogen (secondary N) is 1. The van der Waals surface area contributed by atoms with Gasteiger partial charge in [-0.15, -0.1) is 5.10 Å². The first kappa shape index (κ1) is 15.1. The maximum Gasteiger partial charge on any atom is 0.255 e. The van der Waals surface area contributed by atoms with E-state index in [2.05, 4.69) is 27.8 Å². The van der Waals surface area contributed by atoms with Crippen molar-refractivity contribution < 1.29 is 4.79 Å². The lowest BCUT2D eigenvalue weighted by Gasteiger charge is -2.06. The van der Waals surface area contributed by atoms with Crippen LogP contribution in [0.3, 0.4) is 0 Å². The Labute approximate surface area is 144 Å². The van der Waals surface area contributed by atoms with E-state index in [4.69, 9.17) is 0 Å². The van der Waals surface area contributed by atoms with Gasteiger partial charge in [0.2, 0.25) is 0 Å². The van der Waals surface area contributed by atoms with Crippen molar-refractivity contribution in [2.75, 3.05) is 5.32 Å². The molecular formula is C20H16N4O. The zero-order valence-electron chi connectivity index (χ0n) is 13.5. The summed E-state index contributed by atoms with van der Waals surface area (Å²) in [6, 6.07) is 24.9. The summed E-state index contributed by atoms with van der Waals surface area (Å²) in [5.41, 5.74) is 3.98. The van der Waals surface area contributed by atoms with Crippen LogP contribution in [0.1, 0.15) is 15.9 Å². The molecule has 4 rings (SSSR count). The summed E-state index contributed by atoms with van der Waals surface area (Å²) in [7, 11) is 0. The Morgan fingerprint density at radius 2 is 1.60 bits per heavy atom. The minimum absolute atomic E-state index is 0.161. The average molecular weight is 328 g/mol. The van der Waals surface area contributed by atoms with E-state index < -0.39 is 0 Å². The molecule has 0 saturated heterocycles. The Balaban J connectivity index is 1.64. The molecule has 0 atom stereocenters. The number of hydrogen-bond donors (Lipinski definition) is 1. The highest BCUT2D eigenvalue weighted by molar-refractivity contribution is 6.07. The first-order chi connectivity index (χ1) is 12.3. The van der Waals surface area contributed by atoms with Crippen molar-refractivity contribution in [1.82, 2.24) is 15.0 Å². The molecule has 0 spiro atoms. The number of hydrogen-bond acceptors (Lipinski definition) is 3. The third-order valence-electron chi connectivity index (χ3n) is 4.00. The zero-order chi connectivity index (χ0) is 17.1. The second-order valence-corrected chi connectivity index (χ2v) is 5.73. The first-order valence-electron chi connectivity index (χ1n) is 8.04. The first-order valence-corrected chi connectivity index (χ1v) is 8.04. The average Bonchev–Trinajstić information content (AvgIpc) is 3.07. The molecule has 3 aromatic carbocycles. The normalized spacial score (nSPS) is 10.7. The molecule has 1 N–H and O–H groups in total.